The monoisotopic (exact) mass is 419 g/mol. The summed E-state index contributed by atoms with van der Waals surface area (Å²) < 4.78 is 3.27. The molecule has 0 saturated heterocycles. The van der Waals surface area contributed by atoms with Crippen LogP contribution in [0, 0.1) is 6.92 Å². The summed E-state index contributed by atoms with van der Waals surface area (Å²) in [7, 11) is 0. The number of aryl methyl sites for hydroxylation is 1. The van der Waals surface area contributed by atoms with Crippen molar-refractivity contribution in [3.8, 4) is 11.4 Å². The molecular formula is C21H26ClN3O2S. The number of fused-ring (bicyclic) bond motifs is 1. The van der Waals surface area contributed by atoms with E-state index in [4.69, 9.17) is 16.7 Å². The molecule has 150 valence electrons. The zero-order valence-corrected chi connectivity index (χ0v) is 18.3. The molecule has 3 aromatic rings. The highest BCUT2D eigenvalue weighted by Crippen LogP contribution is 2.31. The lowest BCUT2D eigenvalue weighted by molar-refractivity contribution is 0.274. The molecule has 3 rings (SSSR count). The van der Waals surface area contributed by atoms with E-state index in [2.05, 4.69) is 19.9 Å². The third-order valence-electron chi connectivity index (χ3n) is 5.08. The van der Waals surface area contributed by atoms with E-state index in [1.165, 1.54) is 4.57 Å². The van der Waals surface area contributed by atoms with Crippen LogP contribution < -0.4 is 5.56 Å². The Morgan fingerprint density at radius 1 is 1.32 bits per heavy atom. The van der Waals surface area contributed by atoms with Crippen molar-refractivity contribution in [3.63, 3.8) is 0 Å². The molecule has 2 heterocycles. The van der Waals surface area contributed by atoms with E-state index in [0.29, 0.717) is 21.9 Å². The van der Waals surface area contributed by atoms with Crippen LogP contribution in [0.25, 0.3) is 16.9 Å². The first kappa shape index (κ1) is 21.0. The molecule has 28 heavy (non-hydrogen) atoms. The smallest absolute Gasteiger partial charge is 0.278 e. The van der Waals surface area contributed by atoms with Crippen LogP contribution in [0.2, 0.25) is 5.02 Å². The summed E-state index contributed by atoms with van der Waals surface area (Å²) in [6.07, 6.45) is 4.03. The Balaban J connectivity index is 2.32. The fourth-order valence-corrected chi connectivity index (χ4v) is 4.41. The van der Waals surface area contributed by atoms with Crippen LogP contribution in [0.4, 0.5) is 0 Å². The van der Waals surface area contributed by atoms with E-state index < -0.39 is 0 Å². The summed E-state index contributed by atoms with van der Waals surface area (Å²) in [4.78, 5) is 14.5. The molecule has 0 unspecified atom stereocenters. The predicted octanol–water partition coefficient (Wildman–Crippen LogP) is 4.74. The van der Waals surface area contributed by atoms with Crippen LogP contribution in [0.3, 0.4) is 0 Å². The minimum absolute atomic E-state index is 0.143. The molecule has 1 N–H and O–H groups in total. The normalized spacial score (nSPS) is 12.6. The van der Waals surface area contributed by atoms with E-state index in [9.17, 15) is 9.90 Å². The number of halogens is 1. The number of thioether (sulfide) groups is 1. The maximum absolute atomic E-state index is 13.4. The second kappa shape index (κ2) is 8.72. The van der Waals surface area contributed by atoms with Crippen molar-refractivity contribution in [2.75, 3.05) is 12.9 Å². The molecule has 0 spiro atoms. The molecular weight excluding hydrogens is 394 g/mol. The summed E-state index contributed by atoms with van der Waals surface area (Å²) in [5.74, 6) is 0.735. The molecule has 0 aliphatic rings. The van der Waals surface area contributed by atoms with Gasteiger partial charge in [-0.05, 0) is 55.3 Å². The first-order chi connectivity index (χ1) is 13.4. The van der Waals surface area contributed by atoms with Gasteiger partial charge in [-0.2, -0.15) is 0 Å². The van der Waals surface area contributed by atoms with Crippen molar-refractivity contribution in [2.45, 2.75) is 51.0 Å². The Bertz CT molecular complexity index is 1060. The number of benzene rings is 1. The molecule has 0 radical (unpaired) electrons. The van der Waals surface area contributed by atoms with E-state index in [0.717, 1.165) is 29.0 Å². The second-order valence-corrected chi connectivity index (χ2v) is 8.33. The first-order valence-electron chi connectivity index (χ1n) is 9.50. The standard InChI is InChI=1S/C21H26ClN3O2S/c1-5-6-13(2)17-11-14(3)25-19(17)21(27)24(9-10-26)20(23-25)16-8-7-15(28-4)12-18(16)22/h7-8,11-13,26H,5-6,9-10H2,1-4H3/t13-/m0/s1. The van der Waals surface area contributed by atoms with Crippen molar-refractivity contribution in [3.05, 3.63) is 50.9 Å². The maximum atomic E-state index is 13.4. The van der Waals surface area contributed by atoms with Gasteiger partial charge in [0.15, 0.2) is 5.82 Å². The van der Waals surface area contributed by atoms with Crippen LogP contribution in [-0.4, -0.2) is 32.2 Å². The lowest BCUT2D eigenvalue weighted by atomic mass is 9.97. The predicted molar refractivity (Wildman–Crippen MR) is 117 cm³/mol. The molecule has 1 aromatic carbocycles. The molecule has 0 aliphatic carbocycles. The van der Waals surface area contributed by atoms with Gasteiger partial charge in [-0.1, -0.05) is 31.9 Å². The summed E-state index contributed by atoms with van der Waals surface area (Å²) in [6.45, 7) is 6.26. The van der Waals surface area contributed by atoms with Gasteiger partial charge in [0.25, 0.3) is 5.56 Å². The lowest BCUT2D eigenvalue weighted by Crippen LogP contribution is -2.28. The zero-order chi connectivity index (χ0) is 20.4. The lowest BCUT2D eigenvalue weighted by Gasteiger charge is -2.15. The van der Waals surface area contributed by atoms with Gasteiger partial charge in [-0.15, -0.1) is 16.9 Å². The highest BCUT2D eigenvalue weighted by atomic mass is 35.5. The molecule has 0 bridgehead atoms. The number of aliphatic hydroxyl groups is 1. The van der Waals surface area contributed by atoms with Gasteiger partial charge in [0, 0.05) is 16.2 Å². The van der Waals surface area contributed by atoms with Crippen molar-refractivity contribution in [1.82, 2.24) is 14.2 Å². The SMILES string of the molecule is CCC[C@H](C)c1cc(C)n2nc(-c3ccc(SC)cc3Cl)n(CCO)c(=O)c12. The summed E-state index contributed by atoms with van der Waals surface area (Å²) >= 11 is 8.12. The van der Waals surface area contributed by atoms with Crippen LogP contribution in [0.1, 0.15) is 43.9 Å². The van der Waals surface area contributed by atoms with Crippen LogP contribution >= 0.6 is 23.4 Å². The van der Waals surface area contributed by atoms with Gasteiger partial charge < -0.3 is 5.11 Å². The first-order valence-corrected chi connectivity index (χ1v) is 11.1. The minimum Gasteiger partial charge on any atom is -0.395 e. The molecule has 0 aliphatic heterocycles. The van der Waals surface area contributed by atoms with Gasteiger partial charge in [0.05, 0.1) is 18.2 Å². The maximum Gasteiger partial charge on any atom is 0.278 e. The number of hydrogen-bond donors (Lipinski definition) is 1. The fourth-order valence-electron chi connectivity index (χ4n) is 3.64. The highest BCUT2D eigenvalue weighted by Gasteiger charge is 2.21. The Morgan fingerprint density at radius 2 is 2.07 bits per heavy atom. The summed E-state index contributed by atoms with van der Waals surface area (Å²) in [5, 5.41) is 14.9. The Morgan fingerprint density at radius 3 is 2.68 bits per heavy atom. The number of hydrogen-bond acceptors (Lipinski definition) is 4. The van der Waals surface area contributed by atoms with E-state index >= 15 is 0 Å². The largest absolute Gasteiger partial charge is 0.395 e. The van der Waals surface area contributed by atoms with Gasteiger partial charge in [0.2, 0.25) is 0 Å². The summed E-state index contributed by atoms with van der Waals surface area (Å²) in [5.41, 5.74) is 3.06. The average molecular weight is 420 g/mol. The third kappa shape index (κ3) is 3.73. The van der Waals surface area contributed by atoms with Gasteiger partial charge in [-0.25, -0.2) is 4.52 Å². The average Bonchev–Trinajstić information content (AvgIpc) is 3.01. The highest BCUT2D eigenvalue weighted by molar-refractivity contribution is 7.98. The molecule has 7 heteroatoms. The zero-order valence-electron chi connectivity index (χ0n) is 16.7. The third-order valence-corrected chi connectivity index (χ3v) is 6.11. The number of aliphatic hydroxyl groups excluding tert-OH is 1. The van der Waals surface area contributed by atoms with Gasteiger partial charge in [-0.3, -0.25) is 9.36 Å². The van der Waals surface area contributed by atoms with Crippen molar-refractivity contribution in [2.24, 2.45) is 0 Å². The number of aromatic nitrogens is 3. The topological polar surface area (TPSA) is 59.5 Å². The van der Waals surface area contributed by atoms with Crippen LogP contribution in [-0.2, 0) is 6.54 Å². The second-order valence-electron chi connectivity index (χ2n) is 7.04. The Hall–Kier alpha value is -1.76. The number of nitrogens with zero attached hydrogens (tertiary/aromatic N) is 3. The van der Waals surface area contributed by atoms with Crippen LogP contribution in [0.5, 0.6) is 0 Å². The molecule has 2 aromatic heterocycles. The summed E-state index contributed by atoms with van der Waals surface area (Å²) in [6, 6.07) is 7.77. The van der Waals surface area contributed by atoms with E-state index in [1.807, 2.05) is 31.4 Å². The molecule has 0 fully saturated rings. The molecule has 0 saturated carbocycles. The number of rotatable bonds is 7. The minimum atomic E-state index is -0.148. The Labute approximate surface area is 174 Å². The van der Waals surface area contributed by atoms with E-state index in [-0.39, 0.29) is 24.6 Å². The molecule has 5 nitrogen and oxygen atoms in total. The van der Waals surface area contributed by atoms with Crippen molar-refractivity contribution in [1.29, 1.82) is 0 Å². The van der Waals surface area contributed by atoms with Crippen molar-refractivity contribution >= 4 is 28.9 Å². The van der Waals surface area contributed by atoms with Gasteiger partial charge in [0.1, 0.15) is 5.52 Å². The quantitative estimate of drug-likeness (QED) is 0.562. The van der Waals surface area contributed by atoms with E-state index in [1.54, 1.807) is 16.3 Å². The van der Waals surface area contributed by atoms with Gasteiger partial charge >= 0.3 is 0 Å². The van der Waals surface area contributed by atoms with Crippen molar-refractivity contribution < 1.29 is 5.11 Å². The fraction of sp³-hybridized carbons (Fsp3) is 0.429. The molecule has 1 atom stereocenters. The van der Waals surface area contributed by atoms with Crippen LogP contribution in [0.15, 0.2) is 34.0 Å². The molecule has 0 amide bonds. The Kier molecular flexibility index (Phi) is 6.53.